The van der Waals surface area contributed by atoms with Gasteiger partial charge < -0.3 is 10.6 Å². The molecule has 4 rings (SSSR count). The molecule has 3 atom stereocenters. The Bertz CT molecular complexity index is 1170. The van der Waals surface area contributed by atoms with Gasteiger partial charge in [0.05, 0.1) is 10.8 Å². The van der Waals surface area contributed by atoms with Crippen LogP contribution in [0.25, 0.3) is 0 Å². The molecule has 0 aromatic heterocycles. The number of hydrogen-bond donors (Lipinski definition) is 2. The number of hydrogen-bond acceptors (Lipinski definition) is 4. The standard InChI is InChI=1S/C26H32BrN3O4S/c1-18-7-2-3-9-22(18)26(32)29-24-11-5-4-10-23(24)28-25(31)19-8-6-16-30(17-19)35(33,34)21-14-12-20(27)13-15-21/h2-3,7,9,12-15,19,23-24H,4-6,8,10-11,16-17H2,1H3,(H,28,31)(H,29,32)/t19?,23-,24-/m1/s1. The molecule has 0 bridgehead atoms. The van der Waals surface area contributed by atoms with E-state index in [4.69, 9.17) is 0 Å². The summed E-state index contributed by atoms with van der Waals surface area (Å²) in [5, 5.41) is 6.28. The Balaban J connectivity index is 1.40. The molecule has 9 heteroatoms. The molecule has 1 saturated carbocycles. The van der Waals surface area contributed by atoms with Crippen LogP contribution in [0.5, 0.6) is 0 Å². The van der Waals surface area contributed by atoms with Crippen molar-refractivity contribution in [1.29, 1.82) is 0 Å². The van der Waals surface area contributed by atoms with Crippen LogP contribution in [0.15, 0.2) is 57.9 Å². The third kappa shape index (κ3) is 6.13. The Morgan fingerprint density at radius 3 is 2.26 bits per heavy atom. The van der Waals surface area contributed by atoms with Crippen molar-refractivity contribution in [2.75, 3.05) is 13.1 Å². The Morgan fingerprint density at radius 1 is 0.914 bits per heavy atom. The molecule has 2 N–H and O–H groups in total. The quantitative estimate of drug-likeness (QED) is 0.556. The van der Waals surface area contributed by atoms with Gasteiger partial charge in [-0.15, -0.1) is 0 Å². The maximum absolute atomic E-state index is 13.2. The van der Waals surface area contributed by atoms with Crippen molar-refractivity contribution in [3.63, 3.8) is 0 Å². The van der Waals surface area contributed by atoms with Crippen LogP contribution in [0.1, 0.15) is 54.4 Å². The maximum Gasteiger partial charge on any atom is 0.251 e. The fourth-order valence-electron chi connectivity index (χ4n) is 4.98. The van der Waals surface area contributed by atoms with Gasteiger partial charge in [-0.3, -0.25) is 9.59 Å². The first-order chi connectivity index (χ1) is 16.8. The minimum atomic E-state index is -3.66. The molecule has 1 heterocycles. The predicted molar refractivity (Wildman–Crippen MR) is 138 cm³/mol. The summed E-state index contributed by atoms with van der Waals surface area (Å²) in [5.41, 5.74) is 1.56. The summed E-state index contributed by atoms with van der Waals surface area (Å²) in [7, 11) is -3.66. The van der Waals surface area contributed by atoms with Gasteiger partial charge in [0, 0.05) is 35.2 Å². The lowest BCUT2D eigenvalue weighted by atomic mass is 9.89. The molecule has 1 saturated heterocycles. The lowest BCUT2D eigenvalue weighted by molar-refractivity contribution is -0.127. The largest absolute Gasteiger partial charge is 0.351 e. The van der Waals surface area contributed by atoms with Crippen molar-refractivity contribution in [1.82, 2.24) is 14.9 Å². The molecule has 2 aromatic carbocycles. The first kappa shape index (κ1) is 25.9. The lowest BCUT2D eigenvalue weighted by Gasteiger charge is -2.36. The fraction of sp³-hybridized carbons (Fsp3) is 0.462. The molecule has 188 valence electrons. The number of carbonyl (C=O) groups excluding carboxylic acids is 2. The normalized spacial score (nSPS) is 23.4. The molecule has 1 unspecified atom stereocenters. The van der Waals surface area contributed by atoms with Crippen LogP contribution in [-0.2, 0) is 14.8 Å². The van der Waals surface area contributed by atoms with Crippen molar-refractivity contribution in [3.05, 3.63) is 64.1 Å². The Kier molecular flexibility index (Phi) is 8.29. The number of rotatable bonds is 6. The van der Waals surface area contributed by atoms with Crippen molar-refractivity contribution in [3.8, 4) is 0 Å². The first-order valence-corrected chi connectivity index (χ1v) is 14.4. The minimum absolute atomic E-state index is 0.126. The molecule has 0 spiro atoms. The first-order valence-electron chi connectivity index (χ1n) is 12.2. The molecule has 35 heavy (non-hydrogen) atoms. The van der Waals surface area contributed by atoms with Crippen LogP contribution in [0, 0.1) is 12.8 Å². The van der Waals surface area contributed by atoms with Gasteiger partial charge in [-0.1, -0.05) is 47.0 Å². The van der Waals surface area contributed by atoms with Crippen LogP contribution >= 0.6 is 15.9 Å². The van der Waals surface area contributed by atoms with Gasteiger partial charge in [-0.05, 0) is 68.5 Å². The van der Waals surface area contributed by atoms with Gasteiger partial charge in [0.2, 0.25) is 15.9 Å². The van der Waals surface area contributed by atoms with Crippen LogP contribution in [-0.4, -0.2) is 49.7 Å². The highest BCUT2D eigenvalue weighted by molar-refractivity contribution is 9.10. The zero-order valence-electron chi connectivity index (χ0n) is 19.9. The van der Waals surface area contributed by atoms with E-state index in [-0.39, 0.29) is 35.3 Å². The number of carbonyl (C=O) groups is 2. The number of sulfonamides is 1. The van der Waals surface area contributed by atoms with E-state index >= 15 is 0 Å². The van der Waals surface area contributed by atoms with Gasteiger partial charge >= 0.3 is 0 Å². The van der Waals surface area contributed by atoms with Gasteiger partial charge in [0.15, 0.2) is 0 Å². The molecular weight excluding hydrogens is 530 g/mol. The zero-order chi connectivity index (χ0) is 25.0. The number of amides is 2. The predicted octanol–water partition coefficient (Wildman–Crippen LogP) is 4.02. The maximum atomic E-state index is 13.2. The highest BCUT2D eigenvalue weighted by Crippen LogP contribution is 2.26. The van der Waals surface area contributed by atoms with E-state index in [1.165, 1.54) is 4.31 Å². The Labute approximate surface area is 215 Å². The number of halogens is 1. The molecule has 2 aromatic rings. The molecule has 0 radical (unpaired) electrons. The molecule has 7 nitrogen and oxygen atoms in total. The number of nitrogens with zero attached hydrogens (tertiary/aromatic N) is 1. The van der Waals surface area contributed by atoms with E-state index in [0.717, 1.165) is 35.7 Å². The van der Waals surface area contributed by atoms with Gasteiger partial charge in [0.1, 0.15) is 0 Å². The monoisotopic (exact) mass is 561 g/mol. The van der Waals surface area contributed by atoms with Crippen molar-refractivity contribution in [2.45, 2.75) is 62.4 Å². The molecule has 1 aliphatic carbocycles. The van der Waals surface area contributed by atoms with Gasteiger partial charge in [0.25, 0.3) is 5.91 Å². The molecule has 2 aliphatic rings. The highest BCUT2D eigenvalue weighted by atomic mass is 79.9. The summed E-state index contributed by atoms with van der Waals surface area (Å²) in [5.74, 6) is -0.676. The SMILES string of the molecule is Cc1ccccc1C(=O)N[C@@H]1CCCC[C@H]1NC(=O)C1CCCN(S(=O)(=O)c2ccc(Br)cc2)C1. The van der Waals surface area contributed by atoms with Crippen LogP contribution in [0.2, 0.25) is 0 Å². The Hall–Kier alpha value is -2.23. The molecule has 2 fully saturated rings. The highest BCUT2D eigenvalue weighted by Gasteiger charge is 2.35. The van der Waals surface area contributed by atoms with Crippen molar-refractivity contribution < 1.29 is 18.0 Å². The second-order valence-electron chi connectivity index (χ2n) is 9.45. The summed E-state index contributed by atoms with van der Waals surface area (Å²) >= 11 is 3.33. The number of nitrogens with one attached hydrogen (secondary N) is 2. The summed E-state index contributed by atoms with van der Waals surface area (Å²) in [4.78, 5) is 26.3. The van der Waals surface area contributed by atoms with Gasteiger partial charge in [-0.25, -0.2) is 8.42 Å². The minimum Gasteiger partial charge on any atom is -0.351 e. The Morgan fingerprint density at radius 2 is 1.57 bits per heavy atom. The van der Waals surface area contributed by atoms with E-state index in [0.29, 0.717) is 24.9 Å². The smallest absolute Gasteiger partial charge is 0.251 e. The zero-order valence-corrected chi connectivity index (χ0v) is 22.3. The van der Waals surface area contributed by atoms with E-state index in [2.05, 4.69) is 26.6 Å². The van der Waals surface area contributed by atoms with Gasteiger partial charge in [-0.2, -0.15) is 4.31 Å². The molecule has 1 aliphatic heterocycles. The second-order valence-corrected chi connectivity index (χ2v) is 12.3. The van der Waals surface area contributed by atoms with Crippen LogP contribution in [0.4, 0.5) is 0 Å². The third-order valence-corrected chi connectivity index (χ3v) is 9.41. The van der Waals surface area contributed by atoms with E-state index in [1.807, 2.05) is 31.2 Å². The van der Waals surface area contributed by atoms with E-state index in [1.54, 1.807) is 24.3 Å². The van der Waals surface area contributed by atoms with Crippen molar-refractivity contribution in [2.24, 2.45) is 5.92 Å². The fourth-order valence-corrected chi connectivity index (χ4v) is 6.77. The second kappa shape index (κ2) is 11.2. The summed E-state index contributed by atoms with van der Waals surface area (Å²) in [6.07, 6.45) is 4.84. The summed E-state index contributed by atoms with van der Waals surface area (Å²) in [6, 6.07) is 13.7. The van der Waals surface area contributed by atoms with Crippen LogP contribution in [0.3, 0.4) is 0 Å². The summed E-state index contributed by atoms with van der Waals surface area (Å²) in [6.45, 7) is 2.48. The number of piperidine rings is 1. The number of benzene rings is 2. The topological polar surface area (TPSA) is 95.6 Å². The average molecular weight is 563 g/mol. The molecular formula is C26H32BrN3O4S. The van der Waals surface area contributed by atoms with Crippen LogP contribution < -0.4 is 10.6 Å². The van der Waals surface area contributed by atoms with Crippen molar-refractivity contribution >= 4 is 37.8 Å². The van der Waals surface area contributed by atoms with E-state index in [9.17, 15) is 18.0 Å². The van der Waals surface area contributed by atoms with E-state index < -0.39 is 15.9 Å². The summed E-state index contributed by atoms with van der Waals surface area (Å²) < 4.78 is 28.5. The molecule has 2 amide bonds. The lowest BCUT2D eigenvalue weighted by Crippen LogP contribution is -2.55. The average Bonchev–Trinajstić information content (AvgIpc) is 2.86. The third-order valence-electron chi connectivity index (χ3n) is 7.01. The number of aryl methyl sites for hydroxylation is 1.